The molecule has 0 saturated carbocycles. The van der Waals surface area contributed by atoms with Crippen LogP contribution in [0.3, 0.4) is 0 Å². The number of methoxy groups -OCH3 is 1. The topological polar surface area (TPSA) is 38.3 Å². The van der Waals surface area contributed by atoms with Crippen LogP contribution in [0.25, 0.3) is 0 Å². The van der Waals surface area contributed by atoms with E-state index >= 15 is 0 Å². The zero-order chi connectivity index (χ0) is 15.5. The van der Waals surface area contributed by atoms with Gasteiger partial charge >= 0.3 is 6.18 Å². The maximum Gasteiger partial charge on any atom is 0.416 e. The molecule has 0 bridgehead atoms. The average molecular weight is 295 g/mol. The Morgan fingerprint density at radius 1 is 1.10 bits per heavy atom. The molecule has 110 valence electrons. The zero-order valence-electron chi connectivity index (χ0n) is 11.1. The summed E-state index contributed by atoms with van der Waals surface area (Å²) in [5.41, 5.74) is -0.537. The largest absolute Gasteiger partial charge is 0.495 e. The Hall–Kier alpha value is -2.50. The highest BCUT2D eigenvalue weighted by Crippen LogP contribution is 2.35. The summed E-state index contributed by atoms with van der Waals surface area (Å²) < 4.78 is 43.1. The molecule has 0 radical (unpaired) electrons. The van der Waals surface area contributed by atoms with Gasteiger partial charge < -0.3 is 10.1 Å². The highest BCUT2D eigenvalue weighted by atomic mass is 19.4. The lowest BCUT2D eigenvalue weighted by Crippen LogP contribution is -2.14. The van der Waals surface area contributed by atoms with E-state index in [0.717, 1.165) is 12.1 Å². The predicted octanol–water partition coefficient (Wildman–Crippen LogP) is 3.97. The molecule has 0 aliphatic rings. The van der Waals surface area contributed by atoms with Crippen LogP contribution in [0.5, 0.6) is 5.75 Å². The minimum atomic E-state index is -4.49. The van der Waals surface area contributed by atoms with Gasteiger partial charge in [-0.1, -0.05) is 18.2 Å². The standard InChI is InChI=1S/C15H12F3NO2/c1-21-13-8-7-11(15(16,17)18)9-12(13)19-14(20)10-5-3-2-4-6-10/h2-9H,1H3,(H,19,20). The number of anilines is 1. The number of ether oxygens (including phenoxy) is 1. The molecule has 2 rings (SSSR count). The summed E-state index contributed by atoms with van der Waals surface area (Å²) in [6, 6.07) is 11.1. The van der Waals surface area contributed by atoms with E-state index in [-0.39, 0.29) is 11.4 Å². The van der Waals surface area contributed by atoms with E-state index in [0.29, 0.717) is 5.56 Å². The Balaban J connectivity index is 2.32. The normalized spacial score (nSPS) is 11.0. The number of nitrogens with one attached hydrogen (secondary N) is 1. The molecule has 21 heavy (non-hydrogen) atoms. The van der Waals surface area contributed by atoms with Gasteiger partial charge in [0, 0.05) is 5.56 Å². The van der Waals surface area contributed by atoms with Crippen molar-refractivity contribution in [3.63, 3.8) is 0 Å². The van der Waals surface area contributed by atoms with Crippen molar-refractivity contribution in [3.8, 4) is 5.75 Å². The molecule has 0 atom stereocenters. The third kappa shape index (κ3) is 3.53. The summed E-state index contributed by atoms with van der Waals surface area (Å²) in [6.07, 6.45) is -4.49. The number of amides is 1. The molecule has 2 aromatic carbocycles. The minimum Gasteiger partial charge on any atom is -0.495 e. The van der Waals surface area contributed by atoms with E-state index in [1.165, 1.54) is 13.2 Å². The summed E-state index contributed by atoms with van der Waals surface area (Å²) in [5.74, 6) is -0.347. The van der Waals surface area contributed by atoms with Crippen LogP contribution < -0.4 is 10.1 Å². The molecule has 2 aromatic rings. The van der Waals surface area contributed by atoms with Crippen LogP contribution >= 0.6 is 0 Å². The average Bonchev–Trinajstić information content (AvgIpc) is 2.47. The lowest BCUT2D eigenvalue weighted by atomic mass is 10.1. The highest BCUT2D eigenvalue weighted by molar-refractivity contribution is 6.05. The van der Waals surface area contributed by atoms with Crippen LogP contribution in [-0.4, -0.2) is 13.0 Å². The van der Waals surface area contributed by atoms with Gasteiger partial charge in [0.1, 0.15) is 5.75 Å². The molecule has 0 unspecified atom stereocenters. The fourth-order valence-electron chi connectivity index (χ4n) is 1.77. The lowest BCUT2D eigenvalue weighted by Gasteiger charge is -2.13. The fourth-order valence-corrected chi connectivity index (χ4v) is 1.77. The molecule has 0 aliphatic heterocycles. The number of benzene rings is 2. The van der Waals surface area contributed by atoms with Crippen molar-refractivity contribution in [2.75, 3.05) is 12.4 Å². The maximum atomic E-state index is 12.7. The van der Waals surface area contributed by atoms with Gasteiger partial charge in [0.25, 0.3) is 5.91 Å². The van der Waals surface area contributed by atoms with Gasteiger partial charge in [-0.15, -0.1) is 0 Å². The third-order valence-electron chi connectivity index (χ3n) is 2.81. The summed E-state index contributed by atoms with van der Waals surface area (Å²) >= 11 is 0. The zero-order valence-corrected chi connectivity index (χ0v) is 11.1. The minimum absolute atomic E-state index is 0.0267. The molecule has 1 N–H and O–H groups in total. The summed E-state index contributed by atoms with van der Waals surface area (Å²) in [6.45, 7) is 0. The van der Waals surface area contributed by atoms with E-state index < -0.39 is 17.6 Å². The molecule has 6 heteroatoms. The number of hydrogen-bond acceptors (Lipinski definition) is 2. The van der Waals surface area contributed by atoms with Gasteiger partial charge in [0.05, 0.1) is 18.4 Å². The fraction of sp³-hybridized carbons (Fsp3) is 0.133. The van der Waals surface area contributed by atoms with Crippen molar-refractivity contribution in [2.45, 2.75) is 6.18 Å². The Kier molecular flexibility index (Phi) is 4.16. The SMILES string of the molecule is COc1ccc(C(F)(F)F)cc1NC(=O)c1ccccc1. The van der Waals surface area contributed by atoms with Gasteiger partial charge in [-0.25, -0.2) is 0 Å². The highest BCUT2D eigenvalue weighted by Gasteiger charge is 2.31. The Labute approximate surface area is 119 Å². The number of halogens is 3. The van der Waals surface area contributed by atoms with E-state index in [1.807, 2.05) is 0 Å². The van der Waals surface area contributed by atoms with Crippen molar-refractivity contribution in [3.05, 3.63) is 59.7 Å². The molecule has 0 heterocycles. The lowest BCUT2D eigenvalue weighted by molar-refractivity contribution is -0.137. The summed E-state index contributed by atoms with van der Waals surface area (Å²) in [5, 5.41) is 2.43. The molecule has 0 spiro atoms. The molecule has 1 amide bonds. The summed E-state index contributed by atoms with van der Waals surface area (Å²) in [4.78, 5) is 12.0. The summed E-state index contributed by atoms with van der Waals surface area (Å²) in [7, 11) is 1.32. The first kappa shape index (κ1) is 14.9. The van der Waals surface area contributed by atoms with Gasteiger partial charge in [0.2, 0.25) is 0 Å². The van der Waals surface area contributed by atoms with Crippen LogP contribution in [0.15, 0.2) is 48.5 Å². The second-order valence-corrected chi connectivity index (χ2v) is 4.23. The molecular formula is C15H12F3NO2. The van der Waals surface area contributed by atoms with Gasteiger partial charge in [0.15, 0.2) is 0 Å². The van der Waals surface area contributed by atoms with Crippen LogP contribution in [0.1, 0.15) is 15.9 Å². The maximum absolute atomic E-state index is 12.7. The van der Waals surface area contributed by atoms with E-state index in [1.54, 1.807) is 30.3 Å². The van der Waals surface area contributed by atoms with Crippen molar-refractivity contribution >= 4 is 11.6 Å². The molecule has 0 aromatic heterocycles. The first-order valence-electron chi connectivity index (χ1n) is 6.03. The van der Waals surface area contributed by atoms with Gasteiger partial charge in [-0.3, -0.25) is 4.79 Å². The Morgan fingerprint density at radius 3 is 2.33 bits per heavy atom. The quantitative estimate of drug-likeness (QED) is 0.930. The smallest absolute Gasteiger partial charge is 0.416 e. The van der Waals surface area contributed by atoms with Crippen LogP contribution in [0.4, 0.5) is 18.9 Å². The van der Waals surface area contributed by atoms with E-state index in [2.05, 4.69) is 5.32 Å². The first-order chi connectivity index (χ1) is 9.91. The van der Waals surface area contributed by atoms with Gasteiger partial charge in [-0.05, 0) is 30.3 Å². The van der Waals surface area contributed by atoms with Crippen molar-refractivity contribution < 1.29 is 22.7 Å². The number of alkyl halides is 3. The third-order valence-corrected chi connectivity index (χ3v) is 2.81. The number of carbonyl (C=O) groups excluding carboxylic acids is 1. The van der Waals surface area contributed by atoms with E-state index in [4.69, 9.17) is 4.74 Å². The molecule has 0 aliphatic carbocycles. The van der Waals surface area contributed by atoms with Crippen LogP contribution in [-0.2, 0) is 6.18 Å². The predicted molar refractivity (Wildman–Crippen MR) is 72.4 cm³/mol. The molecule has 0 fully saturated rings. The van der Waals surface area contributed by atoms with Gasteiger partial charge in [-0.2, -0.15) is 13.2 Å². The first-order valence-corrected chi connectivity index (χ1v) is 6.03. The number of rotatable bonds is 3. The van der Waals surface area contributed by atoms with Crippen molar-refractivity contribution in [1.82, 2.24) is 0 Å². The second-order valence-electron chi connectivity index (χ2n) is 4.23. The Bertz CT molecular complexity index is 639. The number of hydrogen-bond donors (Lipinski definition) is 1. The molecule has 0 saturated heterocycles. The molecular weight excluding hydrogens is 283 g/mol. The second kappa shape index (κ2) is 5.87. The van der Waals surface area contributed by atoms with Crippen molar-refractivity contribution in [1.29, 1.82) is 0 Å². The monoisotopic (exact) mass is 295 g/mol. The van der Waals surface area contributed by atoms with Crippen LogP contribution in [0.2, 0.25) is 0 Å². The number of carbonyl (C=O) groups is 1. The van der Waals surface area contributed by atoms with Crippen LogP contribution in [0, 0.1) is 0 Å². The van der Waals surface area contributed by atoms with Crippen molar-refractivity contribution in [2.24, 2.45) is 0 Å². The van der Waals surface area contributed by atoms with E-state index in [9.17, 15) is 18.0 Å². The Morgan fingerprint density at radius 2 is 1.76 bits per heavy atom. The molecule has 3 nitrogen and oxygen atoms in total.